The number of likely N-dealkylation sites (N-methyl/N-ethyl adjacent to an activating group) is 1. The molecule has 13 heteroatoms. The van der Waals surface area contributed by atoms with Crippen LogP contribution in [0.25, 0.3) is 0 Å². The highest BCUT2D eigenvalue weighted by atomic mass is 19.4. The zero-order chi connectivity index (χ0) is 32.4. The van der Waals surface area contributed by atoms with Gasteiger partial charge in [-0.1, -0.05) is 12.1 Å². The van der Waals surface area contributed by atoms with Crippen molar-refractivity contribution in [3.63, 3.8) is 0 Å². The summed E-state index contributed by atoms with van der Waals surface area (Å²) in [6.45, 7) is 6.25. The molecule has 3 heterocycles. The number of aryl methyl sites for hydroxylation is 1. The van der Waals surface area contributed by atoms with Crippen LogP contribution in [0, 0.1) is 6.92 Å². The Balaban J connectivity index is 1.11. The second kappa shape index (κ2) is 12.7. The smallest absolute Gasteiger partial charge is 0.369 e. The number of benzene rings is 3. The second-order valence-electron chi connectivity index (χ2n) is 11.4. The van der Waals surface area contributed by atoms with E-state index in [0.717, 1.165) is 49.6 Å². The van der Waals surface area contributed by atoms with E-state index in [-0.39, 0.29) is 11.6 Å². The van der Waals surface area contributed by atoms with Gasteiger partial charge in [-0.2, -0.15) is 13.2 Å². The molecule has 0 unspecified atom stereocenters. The van der Waals surface area contributed by atoms with E-state index in [1.807, 2.05) is 19.1 Å². The third-order valence-corrected chi connectivity index (χ3v) is 8.11. The quantitative estimate of drug-likeness (QED) is 0.235. The van der Waals surface area contributed by atoms with Gasteiger partial charge < -0.3 is 30.7 Å². The standard InChI is InChI=1S/C33H33F3N8O2/c1-21-6-7-25(40-32(46)39-24-5-3-4-22(18-24)33(34,35)36)19-29(21)44-13-12-28-27(30(44)45)20-37-31(41-28)38-23-8-10-26(11-9-23)43-16-14-42(2)15-17-43/h3-11,18-20H,12-17H2,1-2H3,(H,37,38,41)(H2,39,40,46). The van der Waals surface area contributed by atoms with Crippen LogP contribution in [0.1, 0.15) is 27.2 Å². The van der Waals surface area contributed by atoms with Crippen LogP contribution in [0.5, 0.6) is 0 Å². The Hall–Kier alpha value is -5.17. The summed E-state index contributed by atoms with van der Waals surface area (Å²) in [6.07, 6.45) is -2.51. The highest BCUT2D eigenvalue weighted by molar-refractivity contribution is 6.08. The zero-order valence-electron chi connectivity index (χ0n) is 25.4. The van der Waals surface area contributed by atoms with Crippen molar-refractivity contribution in [3.05, 3.63) is 95.3 Å². The minimum absolute atomic E-state index is 0.000922. The van der Waals surface area contributed by atoms with Gasteiger partial charge in [0.25, 0.3) is 5.91 Å². The van der Waals surface area contributed by atoms with Crippen molar-refractivity contribution >= 4 is 46.3 Å². The molecule has 0 saturated carbocycles. The van der Waals surface area contributed by atoms with E-state index in [9.17, 15) is 22.8 Å². The molecule has 1 saturated heterocycles. The fourth-order valence-corrected chi connectivity index (χ4v) is 5.54. The first-order valence-corrected chi connectivity index (χ1v) is 14.9. The van der Waals surface area contributed by atoms with Gasteiger partial charge in [-0.25, -0.2) is 14.8 Å². The van der Waals surface area contributed by atoms with Crippen molar-refractivity contribution in [1.29, 1.82) is 0 Å². The summed E-state index contributed by atoms with van der Waals surface area (Å²) in [6, 6.07) is 16.9. The largest absolute Gasteiger partial charge is 0.416 e. The molecule has 4 aromatic rings. The molecule has 1 aromatic heterocycles. The van der Waals surface area contributed by atoms with E-state index in [4.69, 9.17) is 0 Å². The molecule has 3 aromatic carbocycles. The molecule has 0 radical (unpaired) electrons. The lowest BCUT2D eigenvalue weighted by molar-refractivity contribution is -0.137. The van der Waals surface area contributed by atoms with Crippen molar-refractivity contribution in [2.75, 3.05) is 65.5 Å². The molecule has 0 aliphatic carbocycles. The Bertz CT molecular complexity index is 1760. The maximum absolute atomic E-state index is 13.6. The Morgan fingerprint density at radius 1 is 0.870 bits per heavy atom. The predicted octanol–water partition coefficient (Wildman–Crippen LogP) is 6.15. The van der Waals surface area contributed by atoms with Crippen LogP contribution in [0.2, 0.25) is 0 Å². The minimum atomic E-state index is -4.53. The number of rotatable bonds is 6. The number of amides is 3. The van der Waals surface area contributed by atoms with Crippen molar-refractivity contribution in [2.24, 2.45) is 0 Å². The molecule has 0 bridgehead atoms. The van der Waals surface area contributed by atoms with E-state index in [0.29, 0.717) is 41.5 Å². The van der Waals surface area contributed by atoms with E-state index in [1.165, 1.54) is 24.0 Å². The maximum Gasteiger partial charge on any atom is 0.416 e. The van der Waals surface area contributed by atoms with Crippen molar-refractivity contribution in [1.82, 2.24) is 14.9 Å². The van der Waals surface area contributed by atoms with Gasteiger partial charge in [-0.15, -0.1) is 0 Å². The number of anilines is 6. The number of carbonyl (C=O) groups is 2. The van der Waals surface area contributed by atoms with E-state index in [2.05, 4.69) is 54.9 Å². The topological polar surface area (TPSA) is 106 Å². The Morgan fingerprint density at radius 3 is 2.28 bits per heavy atom. The van der Waals surface area contributed by atoms with Crippen LogP contribution < -0.4 is 25.8 Å². The number of alkyl halides is 3. The van der Waals surface area contributed by atoms with E-state index in [1.54, 1.807) is 23.1 Å². The highest BCUT2D eigenvalue weighted by Gasteiger charge is 2.31. The van der Waals surface area contributed by atoms with Gasteiger partial charge in [0.2, 0.25) is 5.95 Å². The third kappa shape index (κ3) is 6.89. The molecule has 10 nitrogen and oxygen atoms in total. The summed E-state index contributed by atoms with van der Waals surface area (Å²) >= 11 is 0. The van der Waals surface area contributed by atoms with Crippen LogP contribution in [0.15, 0.2) is 72.9 Å². The summed E-state index contributed by atoms with van der Waals surface area (Å²) in [4.78, 5) is 41.5. The maximum atomic E-state index is 13.6. The summed E-state index contributed by atoms with van der Waals surface area (Å²) in [5, 5.41) is 8.30. The summed E-state index contributed by atoms with van der Waals surface area (Å²) in [5.41, 5.74) is 3.95. The molecular formula is C33H33F3N8O2. The lowest BCUT2D eigenvalue weighted by atomic mass is 10.0. The number of hydrogen-bond acceptors (Lipinski definition) is 7. The average Bonchev–Trinajstić information content (AvgIpc) is 3.03. The van der Waals surface area contributed by atoms with Crippen molar-refractivity contribution in [3.8, 4) is 0 Å². The number of urea groups is 1. The number of aromatic nitrogens is 2. The second-order valence-corrected chi connectivity index (χ2v) is 11.4. The van der Waals surface area contributed by atoms with Gasteiger partial charge in [-0.05, 0) is 74.1 Å². The van der Waals surface area contributed by atoms with Gasteiger partial charge >= 0.3 is 12.2 Å². The van der Waals surface area contributed by atoms with Crippen molar-refractivity contribution < 1.29 is 22.8 Å². The molecular weight excluding hydrogens is 597 g/mol. The fraction of sp³-hybridized carbons (Fsp3) is 0.273. The molecule has 238 valence electrons. The van der Waals surface area contributed by atoms with Crippen LogP contribution in [-0.2, 0) is 12.6 Å². The lowest BCUT2D eigenvalue weighted by Gasteiger charge is -2.34. The SMILES string of the molecule is Cc1ccc(NC(=O)Nc2cccc(C(F)(F)F)c2)cc1N1CCc2nc(Nc3ccc(N4CCN(C)CC4)cc3)ncc2C1=O. The number of piperazine rings is 1. The number of fused-ring (bicyclic) bond motifs is 1. The van der Waals surface area contributed by atoms with Crippen molar-refractivity contribution in [2.45, 2.75) is 19.5 Å². The Morgan fingerprint density at radius 2 is 1.57 bits per heavy atom. The molecule has 3 N–H and O–H groups in total. The van der Waals surface area contributed by atoms with E-state index < -0.39 is 17.8 Å². The summed E-state index contributed by atoms with van der Waals surface area (Å²) < 4.78 is 39.1. The normalized spacial score (nSPS) is 15.4. The molecule has 6 rings (SSSR count). The lowest BCUT2D eigenvalue weighted by Crippen LogP contribution is -2.44. The Kier molecular flexibility index (Phi) is 8.50. The third-order valence-electron chi connectivity index (χ3n) is 8.11. The van der Waals surface area contributed by atoms with Gasteiger partial charge in [-0.3, -0.25) is 4.79 Å². The first kappa shape index (κ1) is 30.8. The first-order valence-electron chi connectivity index (χ1n) is 14.9. The monoisotopic (exact) mass is 630 g/mol. The van der Waals surface area contributed by atoms with Gasteiger partial charge in [0.05, 0.1) is 16.8 Å². The van der Waals surface area contributed by atoms with Gasteiger partial charge in [0.15, 0.2) is 0 Å². The highest BCUT2D eigenvalue weighted by Crippen LogP contribution is 2.32. The first-order chi connectivity index (χ1) is 22.0. The van der Waals surface area contributed by atoms with Crippen LogP contribution in [0.3, 0.4) is 0 Å². The average molecular weight is 631 g/mol. The number of hydrogen-bond donors (Lipinski definition) is 3. The van der Waals surface area contributed by atoms with Gasteiger partial charge in [0.1, 0.15) is 0 Å². The van der Waals surface area contributed by atoms with Gasteiger partial charge in [0, 0.05) is 73.8 Å². The predicted molar refractivity (Wildman–Crippen MR) is 172 cm³/mol. The number of halogens is 3. The number of nitrogens with zero attached hydrogens (tertiary/aromatic N) is 5. The number of carbonyl (C=O) groups excluding carboxylic acids is 2. The molecule has 46 heavy (non-hydrogen) atoms. The molecule has 0 atom stereocenters. The van der Waals surface area contributed by atoms with Crippen LogP contribution in [-0.4, -0.2) is 66.6 Å². The molecule has 1 fully saturated rings. The van der Waals surface area contributed by atoms with Crippen LogP contribution in [0.4, 0.5) is 52.4 Å². The summed E-state index contributed by atoms with van der Waals surface area (Å²) in [7, 11) is 2.13. The molecule has 2 aliphatic heterocycles. The van der Waals surface area contributed by atoms with E-state index >= 15 is 0 Å². The molecule has 0 spiro atoms. The molecule has 3 amide bonds. The minimum Gasteiger partial charge on any atom is -0.369 e. The summed E-state index contributed by atoms with van der Waals surface area (Å²) in [5.74, 6) is 0.138. The zero-order valence-corrected chi connectivity index (χ0v) is 25.4. The van der Waals surface area contributed by atoms with Crippen LogP contribution >= 0.6 is 0 Å². The molecule has 2 aliphatic rings. The fourth-order valence-electron chi connectivity index (χ4n) is 5.54. The Labute approximate surface area is 264 Å². The number of nitrogens with one attached hydrogen (secondary N) is 3.